The molecule has 4 aromatic carbocycles. The van der Waals surface area contributed by atoms with Gasteiger partial charge in [-0.3, -0.25) is 29.0 Å². The molecule has 6 amide bonds. The zero-order valence-electron chi connectivity index (χ0n) is 43.6. The molecule has 0 bridgehead atoms. The van der Waals surface area contributed by atoms with Crippen LogP contribution in [0.1, 0.15) is 89.5 Å². The molecule has 0 saturated heterocycles. The van der Waals surface area contributed by atoms with Crippen LogP contribution in [0, 0.1) is 0 Å². The van der Waals surface area contributed by atoms with Crippen LogP contribution in [-0.4, -0.2) is 120 Å². The lowest BCUT2D eigenvalue weighted by molar-refractivity contribution is -0.142. The molecule has 0 saturated carbocycles. The highest BCUT2D eigenvalue weighted by atomic mass is 16.5. The third-order valence-electron chi connectivity index (χ3n) is 11.7. The average Bonchev–Trinajstić information content (AvgIpc) is 3.67. The van der Waals surface area contributed by atoms with Gasteiger partial charge in [0.15, 0.2) is 5.96 Å². The number of fused-ring (bicyclic) bond motifs is 3. The molecule has 5 rings (SSSR count). The summed E-state index contributed by atoms with van der Waals surface area (Å²) in [7, 11) is 0. The number of hydrogen-bond acceptors (Lipinski definition) is 11. The average molecular weight is 1030 g/mol. The largest absolute Gasteiger partial charge is 0.488 e. The molecule has 0 aliphatic heterocycles. The molecule has 0 radical (unpaired) electrons. The van der Waals surface area contributed by atoms with Crippen LogP contribution in [0.4, 0.5) is 4.79 Å². The summed E-state index contributed by atoms with van der Waals surface area (Å²) >= 11 is 0. The molecular weight excluding hydrogens is 963 g/mol. The SMILES string of the molecule is C[C@H](NC(=O)CNC(=O)[C@H](COC(C)(C)C)NC(=O)[C@H](Cc1ccc(OC(C)(C)C)cc1)NC(=O)[C@H](Cc1ccccc1)NC(=O)OCC1c2ccccc2-c2ccccc21)C(=O)N[C@@H](CCCN=C(N)N)C(=O)O. The smallest absolute Gasteiger partial charge is 0.407 e. The van der Waals surface area contributed by atoms with Gasteiger partial charge in [0.25, 0.3) is 0 Å². The predicted octanol–water partition coefficient (Wildman–Crippen LogP) is 3.59. The molecule has 20 heteroatoms. The van der Waals surface area contributed by atoms with Gasteiger partial charge in [-0.05, 0) is 107 Å². The van der Waals surface area contributed by atoms with Crippen molar-refractivity contribution < 1.29 is 52.9 Å². The van der Waals surface area contributed by atoms with Gasteiger partial charge in [-0.15, -0.1) is 0 Å². The summed E-state index contributed by atoms with van der Waals surface area (Å²) in [5.74, 6) is -5.07. The fraction of sp³-hybridized carbons (Fsp3) is 0.418. The summed E-state index contributed by atoms with van der Waals surface area (Å²) < 4.78 is 17.8. The third-order valence-corrected chi connectivity index (χ3v) is 11.7. The number of carboxylic acid groups (broad SMARTS) is 1. The Balaban J connectivity index is 1.32. The van der Waals surface area contributed by atoms with Gasteiger partial charge in [0.05, 0.1) is 18.8 Å². The molecule has 0 fully saturated rings. The number of carbonyl (C=O) groups is 7. The lowest BCUT2D eigenvalue weighted by atomic mass is 9.98. The number of hydrogen-bond donors (Lipinski definition) is 9. The number of guanidine groups is 1. The lowest BCUT2D eigenvalue weighted by Gasteiger charge is -2.28. The Morgan fingerprint density at radius 3 is 1.72 bits per heavy atom. The van der Waals surface area contributed by atoms with Gasteiger partial charge in [-0.25, -0.2) is 9.59 Å². The Labute approximate surface area is 437 Å². The van der Waals surface area contributed by atoms with E-state index in [2.05, 4.69) is 36.9 Å². The van der Waals surface area contributed by atoms with Gasteiger partial charge < -0.3 is 62.7 Å². The second kappa shape index (κ2) is 26.8. The molecule has 1 aliphatic carbocycles. The summed E-state index contributed by atoms with van der Waals surface area (Å²) in [6.45, 7) is 11.4. The topological polar surface area (TPSA) is 304 Å². The Kier molecular flexibility index (Phi) is 20.7. The minimum Gasteiger partial charge on any atom is -0.488 e. The van der Waals surface area contributed by atoms with E-state index in [1.165, 1.54) is 6.92 Å². The number of amides is 6. The lowest BCUT2D eigenvalue weighted by Crippen LogP contribution is -2.59. The molecule has 1 aliphatic rings. The number of carbonyl (C=O) groups excluding carboxylic acids is 6. The fourth-order valence-electron chi connectivity index (χ4n) is 8.10. The van der Waals surface area contributed by atoms with Gasteiger partial charge in [0, 0.05) is 25.3 Å². The minimum atomic E-state index is -1.42. The summed E-state index contributed by atoms with van der Waals surface area (Å²) in [6, 6.07) is 25.3. The maximum Gasteiger partial charge on any atom is 0.407 e. The number of benzene rings is 4. The van der Waals surface area contributed by atoms with Gasteiger partial charge in [-0.2, -0.15) is 0 Å². The zero-order chi connectivity index (χ0) is 54.9. The summed E-state index contributed by atoms with van der Waals surface area (Å²) in [4.78, 5) is 98.3. The number of aliphatic carboxylic acids is 1. The van der Waals surface area contributed by atoms with Crippen LogP contribution in [-0.2, 0) is 51.1 Å². The van der Waals surface area contributed by atoms with E-state index in [9.17, 15) is 38.7 Å². The minimum absolute atomic E-state index is 0.00748. The first-order valence-corrected chi connectivity index (χ1v) is 24.8. The number of alkyl carbamates (subject to hydrolysis) is 1. The molecule has 0 heterocycles. The summed E-state index contributed by atoms with van der Waals surface area (Å²) in [6.07, 6.45) is -0.640. The number of nitrogens with one attached hydrogen (secondary N) is 6. The van der Waals surface area contributed by atoms with Crippen LogP contribution in [0.3, 0.4) is 0 Å². The van der Waals surface area contributed by atoms with Crippen molar-refractivity contribution in [3.8, 4) is 16.9 Å². The van der Waals surface area contributed by atoms with E-state index >= 15 is 0 Å². The number of carboxylic acids is 1. The van der Waals surface area contributed by atoms with E-state index in [1.807, 2.05) is 75.4 Å². The third kappa shape index (κ3) is 18.8. The van der Waals surface area contributed by atoms with Crippen molar-refractivity contribution in [1.29, 1.82) is 0 Å². The number of ether oxygens (including phenoxy) is 3. The van der Waals surface area contributed by atoms with Crippen LogP contribution in [0.2, 0.25) is 0 Å². The highest BCUT2D eigenvalue weighted by molar-refractivity contribution is 5.96. The first-order chi connectivity index (χ1) is 35.5. The quantitative estimate of drug-likeness (QED) is 0.0261. The van der Waals surface area contributed by atoms with Crippen LogP contribution in [0.15, 0.2) is 108 Å². The van der Waals surface area contributed by atoms with Crippen LogP contribution < -0.4 is 48.1 Å². The van der Waals surface area contributed by atoms with Crippen molar-refractivity contribution in [1.82, 2.24) is 31.9 Å². The number of aliphatic imine (C=N–C) groups is 1. The fourth-order valence-corrected chi connectivity index (χ4v) is 8.10. The van der Waals surface area contributed by atoms with Crippen LogP contribution in [0.5, 0.6) is 5.75 Å². The molecule has 0 unspecified atom stereocenters. The molecule has 402 valence electrons. The van der Waals surface area contributed by atoms with E-state index < -0.39 is 89.6 Å². The van der Waals surface area contributed by atoms with Crippen molar-refractivity contribution in [2.75, 3.05) is 26.3 Å². The Morgan fingerprint density at radius 2 is 1.16 bits per heavy atom. The van der Waals surface area contributed by atoms with Gasteiger partial charge in [0.2, 0.25) is 29.5 Å². The second-order valence-electron chi connectivity index (χ2n) is 20.2. The van der Waals surface area contributed by atoms with Crippen molar-refractivity contribution in [2.24, 2.45) is 16.5 Å². The van der Waals surface area contributed by atoms with Crippen molar-refractivity contribution >= 4 is 47.6 Å². The molecule has 0 spiro atoms. The van der Waals surface area contributed by atoms with Crippen LogP contribution >= 0.6 is 0 Å². The van der Waals surface area contributed by atoms with E-state index in [0.717, 1.165) is 22.3 Å². The Hall–Kier alpha value is -8.00. The monoisotopic (exact) mass is 1030 g/mol. The predicted molar refractivity (Wildman–Crippen MR) is 282 cm³/mol. The van der Waals surface area contributed by atoms with Gasteiger partial charge in [-0.1, -0.05) is 91.0 Å². The number of rotatable bonds is 25. The van der Waals surface area contributed by atoms with E-state index in [-0.39, 0.29) is 57.3 Å². The normalized spacial score (nSPS) is 14.0. The number of nitrogens with two attached hydrogens (primary N) is 2. The maximum atomic E-state index is 14.6. The highest BCUT2D eigenvalue weighted by Gasteiger charge is 2.34. The van der Waals surface area contributed by atoms with E-state index in [4.69, 9.17) is 25.7 Å². The molecule has 5 atom stereocenters. The molecule has 20 nitrogen and oxygen atoms in total. The van der Waals surface area contributed by atoms with Crippen molar-refractivity contribution in [3.63, 3.8) is 0 Å². The molecular formula is C55H71N9O11. The van der Waals surface area contributed by atoms with Crippen molar-refractivity contribution in [2.45, 2.75) is 121 Å². The summed E-state index contributed by atoms with van der Waals surface area (Å²) in [5, 5.41) is 25.2. The highest BCUT2D eigenvalue weighted by Crippen LogP contribution is 2.44. The van der Waals surface area contributed by atoms with E-state index in [1.54, 1.807) is 69.3 Å². The van der Waals surface area contributed by atoms with Crippen molar-refractivity contribution in [3.05, 3.63) is 125 Å². The maximum absolute atomic E-state index is 14.6. The van der Waals surface area contributed by atoms with Crippen LogP contribution in [0.25, 0.3) is 11.1 Å². The zero-order valence-corrected chi connectivity index (χ0v) is 43.6. The van der Waals surface area contributed by atoms with Gasteiger partial charge >= 0.3 is 12.1 Å². The Bertz CT molecular complexity index is 2600. The molecule has 75 heavy (non-hydrogen) atoms. The Morgan fingerprint density at radius 1 is 0.627 bits per heavy atom. The standard InChI is InChI=1S/C55H71N9O11/c1-33(47(66)61-42(51(70)71)22-15-27-58-52(56)57)60-46(65)30-59-48(67)45(32-74-54(2,3)4)63-49(68)43(29-35-23-25-36(26-24-35)75-55(5,6)7)62-50(69)44(28-34-16-9-8-10-17-34)64-53(72)73-31-41-39-20-13-11-18-37(39)38-19-12-14-21-40(38)41/h8-14,16-21,23-26,33,41-45H,15,22,27-32H2,1-7H3,(H,59,67)(H,60,65)(H,61,66)(H,62,69)(H,63,68)(H,64,72)(H,70,71)(H4,56,57,58)/t33-,42-,43-,44-,45-/m0/s1. The molecule has 11 N–H and O–H groups in total. The van der Waals surface area contributed by atoms with Gasteiger partial charge in [0.1, 0.15) is 48.2 Å². The molecule has 4 aromatic rings. The second-order valence-corrected chi connectivity index (χ2v) is 20.2. The van der Waals surface area contributed by atoms with E-state index in [0.29, 0.717) is 16.9 Å². The number of nitrogens with zero attached hydrogens (tertiary/aromatic N) is 1. The molecule has 0 aromatic heterocycles. The first-order valence-electron chi connectivity index (χ1n) is 24.8. The summed E-state index contributed by atoms with van der Waals surface area (Å²) in [5.41, 5.74) is 14.8. The first kappa shape index (κ1) is 57.9.